The van der Waals surface area contributed by atoms with Gasteiger partial charge in [-0.25, -0.2) is 5.84 Å². The highest BCUT2D eigenvalue weighted by molar-refractivity contribution is 7.99. The fourth-order valence-corrected chi connectivity index (χ4v) is 2.27. The highest BCUT2D eigenvalue weighted by Crippen LogP contribution is 2.23. The number of nitrogens with two attached hydrogens (primary N) is 1. The summed E-state index contributed by atoms with van der Waals surface area (Å²) in [6.07, 6.45) is 1.21. The van der Waals surface area contributed by atoms with Crippen molar-refractivity contribution in [2.24, 2.45) is 5.84 Å². The average Bonchev–Trinajstić information content (AvgIpc) is 2.26. The summed E-state index contributed by atoms with van der Waals surface area (Å²) in [7, 11) is 1.57. The molecule has 0 aliphatic heterocycles. The molecule has 0 radical (unpaired) electrons. The summed E-state index contributed by atoms with van der Waals surface area (Å²) < 4.78 is 0. The molecular weight excluding hydrogens is 232 g/mol. The van der Waals surface area contributed by atoms with Crippen LogP contribution in [0.5, 0.6) is 0 Å². The van der Waals surface area contributed by atoms with Crippen molar-refractivity contribution in [3.05, 3.63) is 29.8 Å². The summed E-state index contributed by atoms with van der Waals surface area (Å²) in [6.45, 7) is 4.35. The molecule has 1 rings (SSSR count). The van der Waals surface area contributed by atoms with Gasteiger partial charge < -0.3 is 0 Å². The Kier molecular flexibility index (Phi) is 5.51. The van der Waals surface area contributed by atoms with Crippen molar-refractivity contribution < 1.29 is 4.79 Å². The molecule has 0 unspecified atom stereocenters. The van der Waals surface area contributed by atoms with Crippen molar-refractivity contribution in [2.75, 3.05) is 7.05 Å². The van der Waals surface area contributed by atoms with Gasteiger partial charge in [0.05, 0.1) is 0 Å². The molecule has 1 amide bonds. The zero-order chi connectivity index (χ0) is 12.8. The first-order valence-corrected chi connectivity index (χ1v) is 6.64. The first-order valence-electron chi connectivity index (χ1n) is 5.76. The van der Waals surface area contributed by atoms with Gasteiger partial charge in [0.15, 0.2) is 0 Å². The van der Waals surface area contributed by atoms with Crippen LogP contribution in [0.25, 0.3) is 0 Å². The number of thioether (sulfide) groups is 1. The summed E-state index contributed by atoms with van der Waals surface area (Å²) >= 11 is 1.84. The lowest BCUT2D eigenvalue weighted by Gasteiger charge is -2.10. The fourth-order valence-electron chi connectivity index (χ4n) is 1.43. The van der Waals surface area contributed by atoms with Crippen molar-refractivity contribution in [3.8, 4) is 0 Å². The van der Waals surface area contributed by atoms with Crippen molar-refractivity contribution in [1.82, 2.24) is 5.01 Å². The summed E-state index contributed by atoms with van der Waals surface area (Å²) in [6, 6.07) is 8.37. The topological polar surface area (TPSA) is 46.3 Å². The molecule has 0 aliphatic carbocycles. The number of aryl methyl sites for hydroxylation is 1. The van der Waals surface area contributed by atoms with E-state index in [1.807, 2.05) is 11.8 Å². The molecule has 2 N–H and O–H groups in total. The maximum Gasteiger partial charge on any atom is 0.236 e. The predicted molar refractivity (Wildman–Crippen MR) is 72.7 cm³/mol. The van der Waals surface area contributed by atoms with Gasteiger partial charge in [0.1, 0.15) is 0 Å². The van der Waals surface area contributed by atoms with Gasteiger partial charge in [-0.3, -0.25) is 9.80 Å². The number of nitrogens with zero attached hydrogens (tertiary/aromatic N) is 1. The lowest BCUT2D eigenvalue weighted by molar-refractivity contribution is -0.130. The first-order chi connectivity index (χ1) is 7.99. The molecule has 17 heavy (non-hydrogen) atoms. The van der Waals surface area contributed by atoms with E-state index in [2.05, 4.69) is 38.1 Å². The maximum atomic E-state index is 11.3. The molecular formula is C13H20N2OS. The van der Waals surface area contributed by atoms with E-state index in [9.17, 15) is 4.79 Å². The summed E-state index contributed by atoms with van der Waals surface area (Å²) in [5.41, 5.74) is 1.17. The van der Waals surface area contributed by atoms with Gasteiger partial charge in [-0.1, -0.05) is 26.0 Å². The molecule has 0 aromatic heterocycles. The molecule has 0 fully saturated rings. The van der Waals surface area contributed by atoms with E-state index in [1.54, 1.807) is 7.05 Å². The van der Waals surface area contributed by atoms with Crippen molar-refractivity contribution >= 4 is 17.7 Å². The standard InChI is InChI=1S/C13H20N2OS/c1-10(2)17-12-7-4-11(5-8-12)6-9-13(16)15(3)14/h4-5,7-8,10H,6,9,14H2,1-3H3. The smallest absolute Gasteiger partial charge is 0.236 e. The second-order valence-corrected chi connectivity index (χ2v) is 5.97. The Morgan fingerprint density at radius 3 is 2.41 bits per heavy atom. The highest BCUT2D eigenvalue weighted by Gasteiger charge is 2.05. The van der Waals surface area contributed by atoms with Crippen molar-refractivity contribution in [1.29, 1.82) is 0 Å². The second kappa shape index (κ2) is 6.67. The van der Waals surface area contributed by atoms with Crippen LogP contribution in [0.15, 0.2) is 29.2 Å². The molecule has 0 saturated carbocycles. The number of hydrogen-bond acceptors (Lipinski definition) is 3. The third-order valence-electron chi connectivity index (χ3n) is 2.32. The normalized spacial score (nSPS) is 10.6. The number of hydrazine groups is 1. The van der Waals surface area contributed by atoms with E-state index in [4.69, 9.17) is 5.84 Å². The Balaban J connectivity index is 2.48. The molecule has 0 aliphatic rings. The van der Waals surface area contributed by atoms with Gasteiger partial charge in [-0.2, -0.15) is 0 Å². The second-order valence-electron chi connectivity index (χ2n) is 4.32. The maximum absolute atomic E-state index is 11.3. The number of benzene rings is 1. The lowest BCUT2D eigenvalue weighted by Crippen LogP contribution is -2.33. The third kappa shape index (κ3) is 5.24. The van der Waals surface area contributed by atoms with Gasteiger partial charge in [-0.05, 0) is 24.1 Å². The Morgan fingerprint density at radius 1 is 1.35 bits per heavy atom. The van der Waals surface area contributed by atoms with Crippen molar-refractivity contribution in [3.63, 3.8) is 0 Å². The van der Waals surface area contributed by atoms with Crippen LogP contribution < -0.4 is 5.84 Å². The zero-order valence-corrected chi connectivity index (χ0v) is 11.5. The molecule has 3 nitrogen and oxygen atoms in total. The largest absolute Gasteiger partial charge is 0.284 e. The Bertz CT molecular complexity index is 360. The zero-order valence-electron chi connectivity index (χ0n) is 10.6. The van der Waals surface area contributed by atoms with Crippen LogP contribution in [-0.2, 0) is 11.2 Å². The number of hydrogen-bond donors (Lipinski definition) is 1. The molecule has 0 spiro atoms. The van der Waals surface area contributed by atoms with Crippen LogP contribution in [0, 0.1) is 0 Å². The van der Waals surface area contributed by atoms with Gasteiger partial charge in [-0.15, -0.1) is 11.8 Å². The SMILES string of the molecule is CC(C)Sc1ccc(CCC(=O)N(C)N)cc1. The molecule has 94 valence electrons. The van der Waals surface area contributed by atoms with E-state index in [0.29, 0.717) is 11.7 Å². The number of carbonyl (C=O) groups is 1. The highest BCUT2D eigenvalue weighted by atomic mass is 32.2. The van der Waals surface area contributed by atoms with Gasteiger partial charge in [0, 0.05) is 23.6 Å². The Morgan fingerprint density at radius 2 is 1.94 bits per heavy atom. The van der Waals surface area contributed by atoms with Gasteiger partial charge in [0.25, 0.3) is 0 Å². The molecule has 4 heteroatoms. The predicted octanol–water partition coefficient (Wildman–Crippen LogP) is 2.45. The van der Waals surface area contributed by atoms with Crippen molar-refractivity contribution in [2.45, 2.75) is 36.8 Å². The lowest BCUT2D eigenvalue weighted by atomic mass is 10.1. The minimum atomic E-state index is -0.0365. The number of amides is 1. The Labute approximate surface area is 107 Å². The van der Waals surface area contributed by atoms with E-state index in [1.165, 1.54) is 10.5 Å². The molecule has 0 atom stereocenters. The van der Waals surface area contributed by atoms with Crippen LogP contribution in [0.1, 0.15) is 25.8 Å². The van der Waals surface area contributed by atoms with E-state index in [-0.39, 0.29) is 5.91 Å². The van der Waals surface area contributed by atoms with Crippen LogP contribution in [0.4, 0.5) is 0 Å². The Hall–Kier alpha value is -1.00. The molecule has 0 heterocycles. The van der Waals surface area contributed by atoms with Gasteiger partial charge in [0.2, 0.25) is 5.91 Å². The fraction of sp³-hybridized carbons (Fsp3) is 0.462. The third-order valence-corrected chi connectivity index (χ3v) is 3.33. The van der Waals surface area contributed by atoms with Crippen LogP contribution >= 0.6 is 11.8 Å². The quantitative estimate of drug-likeness (QED) is 0.379. The number of carbonyl (C=O) groups excluding carboxylic acids is 1. The van der Waals surface area contributed by atoms with Crippen LogP contribution in [0.2, 0.25) is 0 Å². The first kappa shape index (κ1) is 14.1. The van der Waals surface area contributed by atoms with E-state index < -0.39 is 0 Å². The number of rotatable bonds is 5. The van der Waals surface area contributed by atoms with E-state index >= 15 is 0 Å². The molecule has 0 saturated heterocycles. The summed E-state index contributed by atoms with van der Waals surface area (Å²) in [5, 5.41) is 1.73. The molecule has 1 aromatic carbocycles. The van der Waals surface area contributed by atoms with Crippen LogP contribution in [-0.4, -0.2) is 23.2 Å². The molecule has 1 aromatic rings. The summed E-state index contributed by atoms with van der Waals surface area (Å²) in [4.78, 5) is 12.6. The monoisotopic (exact) mass is 252 g/mol. The van der Waals surface area contributed by atoms with Gasteiger partial charge >= 0.3 is 0 Å². The average molecular weight is 252 g/mol. The van der Waals surface area contributed by atoms with Crippen LogP contribution in [0.3, 0.4) is 0 Å². The minimum Gasteiger partial charge on any atom is -0.284 e. The van der Waals surface area contributed by atoms with E-state index in [0.717, 1.165) is 11.4 Å². The summed E-state index contributed by atoms with van der Waals surface area (Å²) in [5.74, 6) is 5.32. The minimum absolute atomic E-state index is 0.0365. The molecule has 0 bridgehead atoms.